The van der Waals surface area contributed by atoms with Crippen LogP contribution in [0.5, 0.6) is 0 Å². The van der Waals surface area contributed by atoms with Crippen LogP contribution in [0.4, 0.5) is 0 Å². The van der Waals surface area contributed by atoms with Crippen molar-refractivity contribution in [1.29, 1.82) is 0 Å². The number of carbonyl (C=O) groups is 1. The highest BCUT2D eigenvalue weighted by Crippen LogP contribution is 2.11. The molecule has 1 aliphatic heterocycles. The molecule has 2 rings (SSSR count). The second-order valence-electron chi connectivity index (χ2n) is 5.73. The van der Waals surface area contributed by atoms with Gasteiger partial charge >= 0.3 is 0 Å². The number of rotatable bonds is 6. The molecule has 1 aromatic carbocycles. The highest BCUT2D eigenvalue weighted by molar-refractivity contribution is 5.85. The summed E-state index contributed by atoms with van der Waals surface area (Å²) in [7, 11) is 2.02. The van der Waals surface area contributed by atoms with Crippen molar-refractivity contribution in [2.45, 2.75) is 32.4 Å². The van der Waals surface area contributed by atoms with E-state index in [0.29, 0.717) is 19.1 Å². The van der Waals surface area contributed by atoms with Crippen LogP contribution in [0.25, 0.3) is 0 Å². The van der Waals surface area contributed by atoms with E-state index >= 15 is 0 Å². The zero-order valence-corrected chi connectivity index (χ0v) is 14.4. The Labute approximate surface area is 140 Å². The van der Waals surface area contributed by atoms with Gasteiger partial charge in [0.2, 0.25) is 5.91 Å². The maximum atomic E-state index is 12.5. The number of likely N-dealkylation sites (tertiary alicyclic amines) is 1. The minimum absolute atomic E-state index is 0. The number of hydrogen-bond acceptors (Lipinski definition) is 3. The number of likely N-dealkylation sites (N-methyl/N-ethyl adjacent to an activating group) is 1. The second kappa shape index (κ2) is 9.82. The van der Waals surface area contributed by atoms with Gasteiger partial charge in [0.05, 0.1) is 6.54 Å². The Balaban J connectivity index is 0.00000242. The molecule has 1 aliphatic rings. The maximum Gasteiger partial charge on any atom is 0.237 e. The summed E-state index contributed by atoms with van der Waals surface area (Å²) in [6, 6.07) is 10.8. The zero-order chi connectivity index (χ0) is 15.1. The van der Waals surface area contributed by atoms with Crippen molar-refractivity contribution in [3.05, 3.63) is 35.9 Å². The van der Waals surface area contributed by atoms with Crippen molar-refractivity contribution >= 4 is 18.3 Å². The van der Waals surface area contributed by atoms with E-state index in [1.165, 1.54) is 5.56 Å². The van der Waals surface area contributed by atoms with Crippen molar-refractivity contribution in [3.63, 3.8) is 0 Å². The molecule has 5 heteroatoms. The molecule has 1 N–H and O–H groups in total. The average Bonchev–Trinajstić information content (AvgIpc) is 2.54. The topological polar surface area (TPSA) is 35.6 Å². The second-order valence-corrected chi connectivity index (χ2v) is 5.73. The highest BCUT2D eigenvalue weighted by Gasteiger charge is 2.21. The Morgan fingerprint density at radius 3 is 2.45 bits per heavy atom. The van der Waals surface area contributed by atoms with E-state index in [2.05, 4.69) is 22.3 Å². The highest BCUT2D eigenvalue weighted by atomic mass is 35.5. The lowest BCUT2D eigenvalue weighted by molar-refractivity contribution is -0.133. The summed E-state index contributed by atoms with van der Waals surface area (Å²) < 4.78 is 0. The van der Waals surface area contributed by atoms with E-state index in [9.17, 15) is 4.79 Å². The van der Waals surface area contributed by atoms with Crippen molar-refractivity contribution in [2.75, 3.05) is 33.2 Å². The molecule has 1 fully saturated rings. The number of nitrogens with one attached hydrogen (secondary N) is 1. The third-order valence-corrected chi connectivity index (χ3v) is 4.31. The molecule has 0 spiro atoms. The van der Waals surface area contributed by atoms with Crippen LogP contribution in [0.2, 0.25) is 0 Å². The van der Waals surface area contributed by atoms with Crippen LogP contribution >= 0.6 is 12.4 Å². The minimum atomic E-state index is 0. The third-order valence-electron chi connectivity index (χ3n) is 4.31. The smallest absolute Gasteiger partial charge is 0.237 e. The van der Waals surface area contributed by atoms with Crippen molar-refractivity contribution < 1.29 is 4.79 Å². The van der Waals surface area contributed by atoms with E-state index < -0.39 is 0 Å². The molecule has 22 heavy (non-hydrogen) atoms. The number of hydrogen-bond donors (Lipinski definition) is 1. The van der Waals surface area contributed by atoms with Crippen LogP contribution in [-0.2, 0) is 11.3 Å². The quantitative estimate of drug-likeness (QED) is 0.870. The van der Waals surface area contributed by atoms with Crippen LogP contribution in [0.3, 0.4) is 0 Å². The zero-order valence-electron chi connectivity index (χ0n) is 13.6. The molecular formula is C17H28ClN3O. The van der Waals surface area contributed by atoms with Gasteiger partial charge in [-0.2, -0.15) is 0 Å². The normalized spacial score (nSPS) is 16.1. The van der Waals surface area contributed by atoms with Crippen LogP contribution in [0.1, 0.15) is 25.3 Å². The molecule has 4 nitrogen and oxygen atoms in total. The number of carbonyl (C=O) groups excluding carboxylic acids is 1. The molecule has 1 heterocycles. The number of benzene rings is 1. The van der Waals surface area contributed by atoms with E-state index in [0.717, 1.165) is 32.5 Å². The summed E-state index contributed by atoms with van der Waals surface area (Å²) >= 11 is 0. The van der Waals surface area contributed by atoms with Gasteiger partial charge in [-0.1, -0.05) is 30.3 Å². The molecule has 0 saturated carbocycles. The van der Waals surface area contributed by atoms with Gasteiger partial charge in [0.1, 0.15) is 0 Å². The lowest BCUT2D eigenvalue weighted by atomic mass is 10.1. The van der Waals surface area contributed by atoms with Gasteiger partial charge in [0.15, 0.2) is 0 Å². The Bertz CT molecular complexity index is 433. The third kappa shape index (κ3) is 5.59. The Kier molecular flexibility index (Phi) is 8.46. The first-order valence-electron chi connectivity index (χ1n) is 7.94. The van der Waals surface area contributed by atoms with E-state index in [1.54, 1.807) is 0 Å². The van der Waals surface area contributed by atoms with Crippen LogP contribution in [0, 0.1) is 0 Å². The summed E-state index contributed by atoms with van der Waals surface area (Å²) in [4.78, 5) is 16.7. The van der Waals surface area contributed by atoms with Gasteiger partial charge < -0.3 is 10.2 Å². The predicted molar refractivity (Wildman–Crippen MR) is 93.3 cm³/mol. The molecule has 1 saturated heterocycles. The molecule has 0 bridgehead atoms. The summed E-state index contributed by atoms with van der Waals surface area (Å²) in [6.45, 7) is 6.11. The molecule has 0 unspecified atom stereocenters. The number of amides is 1. The lowest BCUT2D eigenvalue weighted by Gasteiger charge is -2.32. The molecule has 1 aromatic rings. The molecule has 0 atom stereocenters. The van der Waals surface area contributed by atoms with Gasteiger partial charge in [0.25, 0.3) is 0 Å². The first-order chi connectivity index (χ1) is 10.2. The fourth-order valence-electron chi connectivity index (χ4n) is 2.85. The van der Waals surface area contributed by atoms with Gasteiger partial charge in [-0.05, 0) is 32.4 Å². The van der Waals surface area contributed by atoms with Crippen LogP contribution in [0.15, 0.2) is 30.3 Å². The van der Waals surface area contributed by atoms with Crippen molar-refractivity contribution in [1.82, 2.24) is 15.1 Å². The molecule has 0 aliphatic carbocycles. The predicted octanol–water partition coefficient (Wildman–Crippen LogP) is 2.14. The summed E-state index contributed by atoms with van der Waals surface area (Å²) in [6.07, 6.45) is 2.27. The van der Waals surface area contributed by atoms with E-state index in [1.807, 2.05) is 37.1 Å². The minimum Gasteiger partial charge on any atom is -0.338 e. The standard InChI is InChI=1S/C17H27N3O.ClH/c1-3-20(13-15-7-5-4-6-8-15)17(21)14-19-11-9-16(18-2)10-12-19;/h4-8,16,18H,3,9-14H2,1-2H3;1H. The summed E-state index contributed by atoms with van der Waals surface area (Å²) in [5.41, 5.74) is 1.20. The molecule has 0 aromatic heterocycles. The summed E-state index contributed by atoms with van der Waals surface area (Å²) in [5.74, 6) is 0.240. The largest absolute Gasteiger partial charge is 0.338 e. The first kappa shape index (κ1) is 18.9. The number of nitrogens with zero attached hydrogens (tertiary/aromatic N) is 2. The summed E-state index contributed by atoms with van der Waals surface area (Å²) in [5, 5.41) is 3.32. The number of piperidine rings is 1. The first-order valence-corrected chi connectivity index (χ1v) is 7.94. The van der Waals surface area contributed by atoms with Gasteiger partial charge in [0, 0.05) is 32.2 Å². The molecule has 0 radical (unpaired) electrons. The van der Waals surface area contributed by atoms with E-state index in [-0.39, 0.29) is 18.3 Å². The molecular weight excluding hydrogens is 298 g/mol. The Morgan fingerprint density at radius 1 is 1.27 bits per heavy atom. The van der Waals surface area contributed by atoms with Crippen molar-refractivity contribution in [3.8, 4) is 0 Å². The van der Waals surface area contributed by atoms with Gasteiger partial charge in [-0.15, -0.1) is 12.4 Å². The number of halogens is 1. The van der Waals surface area contributed by atoms with Crippen molar-refractivity contribution in [2.24, 2.45) is 0 Å². The maximum absolute atomic E-state index is 12.5. The van der Waals surface area contributed by atoms with Gasteiger partial charge in [-0.3, -0.25) is 9.69 Å². The van der Waals surface area contributed by atoms with Crippen LogP contribution < -0.4 is 5.32 Å². The molecule has 124 valence electrons. The Morgan fingerprint density at radius 2 is 1.91 bits per heavy atom. The lowest BCUT2D eigenvalue weighted by Crippen LogP contribution is -2.46. The Hall–Kier alpha value is -1.10. The fourth-order valence-corrected chi connectivity index (χ4v) is 2.85. The van der Waals surface area contributed by atoms with E-state index in [4.69, 9.17) is 0 Å². The fraction of sp³-hybridized carbons (Fsp3) is 0.588. The van der Waals surface area contributed by atoms with Crippen LogP contribution in [-0.4, -0.2) is 55.0 Å². The average molecular weight is 326 g/mol. The SMILES string of the molecule is CCN(Cc1ccccc1)C(=O)CN1CCC(NC)CC1.Cl. The monoisotopic (exact) mass is 325 g/mol. The van der Waals surface area contributed by atoms with Gasteiger partial charge in [-0.25, -0.2) is 0 Å². The molecule has 1 amide bonds.